The number of rotatable bonds is 5. The lowest BCUT2D eigenvalue weighted by Gasteiger charge is -2.13. The molecule has 0 atom stereocenters. The number of nitrogens with one attached hydrogen (secondary N) is 2. The van der Waals surface area contributed by atoms with Gasteiger partial charge in [-0.15, -0.1) is 0 Å². The molecule has 0 radical (unpaired) electrons. The molecule has 2 aliphatic heterocycles. The number of aromatic hydroxyl groups is 1. The molecule has 8 bridgehead atoms. The van der Waals surface area contributed by atoms with Gasteiger partial charge in [0.15, 0.2) is 0 Å². The van der Waals surface area contributed by atoms with Crippen molar-refractivity contribution in [2.75, 3.05) is 0 Å². The van der Waals surface area contributed by atoms with Gasteiger partial charge in [-0.1, -0.05) is 152 Å². The van der Waals surface area contributed by atoms with Gasteiger partial charge in [-0.3, -0.25) is 0 Å². The molecule has 11 rings (SSSR count). The smallest absolute Gasteiger partial charge is 0.124 e. The fourth-order valence-electron chi connectivity index (χ4n) is 8.65. The van der Waals surface area contributed by atoms with E-state index < -0.39 is 0 Å². The molecule has 5 nitrogen and oxygen atoms in total. The first-order valence-electron chi connectivity index (χ1n) is 19.8. The quantitative estimate of drug-likeness (QED) is 0.164. The third kappa shape index (κ3) is 5.96. The van der Waals surface area contributed by atoms with Crippen LogP contribution in [0.1, 0.15) is 28.3 Å². The summed E-state index contributed by atoms with van der Waals surface area (Å²) in [6, 6.07) is 62.3. The lowest BCUT2D eigenvalue weighted by atomic mass is 9.91. The second kappa shape index (κ2) is 14.2. The molecule has 0 aliphatic carbocycles. The van der Waals surface area contributed by atoms with E-state index in [4.69, 9.17) is 9.97 Å². The number of aromatic nitrogens is 4. The molecule has 5 heterocycles. The maximum absolute atomic E-state index is 11.9. The highest BCUT2D eigenvalue weighted by Gasteiger charge is 2.26. The SMILES string of the molecule is Oc1ccc2ccccc2c1C1=Cc2nc1c(-c1ccccc1)c1ccc([nH]1)c(-c1ccccc1)c1nc(c(-c3ccccc3)c3ccc([nH]3)c2-c2ccccc2)C=C1. The van der Waals surface area contributed by atoms with Crippen LogP contribution >= 0.6 is 0 Å². The minimum Gasteiger partial charge on any atom is -0.507 e. The molecule has 0 fully saturated rings. The van der Waals surface area contributed by atoms with Crippen molar-refractivity contribution >= 4 is 56.6 Å². The molecule has 278 valence electrons. The van der Waals surface area contributed by atoms with Gasteiger partial charge in [-0.05, 0) is 81.6 Å². The summed E-state index contributed by atoms with van der Waals surface area (Å²) in [5.74, 6) is 0.192. The summed E-state index contributed by atoms with van der Waals surface area (Å²) in [5, 5.41) is 13.9. The van der Waals surface area contributed by atoms with E-state index in [-0.39, 0.29) is 5.75 Å². The summed E-state index contributed by atoms with van der Waals surface area (Å²) in [4.78, 5) is 18.8. The topological polar surface area (TPSA) is 77.6 Å². The minimum atomic E-state index is 0.192. The highest BCUT2D eigenvalue weighted by molar-refractivity contribution is 6.10. The Bertz CT molecular complexity index is 3310. The van der Waals surface area contributed by atoms with Gasteiger partial charge in [0.1, 0.15) is 5.75 Å². The number of H-pyrrole nitrogens is 2. The third-order valence-corrected chi connectivity index (χ3v) is 11.3. The number of phenolic OH excluding ortho intramolecular Hbond substituents is 1. The molecule has 0 saturated carbocycles. The monoisotopic (exact) mass is 756 g/mol. The molecule has 59 heavy (non-hydrogen) atoms. The van der Waals surface area contributed by atoms with Gasteiger partial charge in [-0.25, -0.2) is 9.97 Å². The standard InChI is InChI=1S/C54H36N4O/c59-48-32-25-34-15-13-14-24-39(34)53(48)40-33-47-51(37-20-9-3-10-21-37)45-29-28-43(56-45)49(35-16-5-1-6-17-35)41-26-27-42(55-41)50(36-18-7-2-8-19-36)44-30-31-46(57-44)52(54(40)58-47)38-22-11-4-12-23-38/h1-33,56-57,59H. The van der Waals surface area contributed by atoms with Crippen molar-refractivity contribution in [1.82, 2.24) is 19.9 Å². The van der Waals surface area contributed by atoms with Crippen LogP contribution in [0.4, 0.5) is 0 Å². The molecule has 5 heteroatoms. The van der Waals surface area contributed by atoms with Crippen LogP contribution < -0.4 is 0 Å². The number of nitrogens with zero attached hydrogens (tertiary/aromatic N) is 2. The van der Waals surface area contributed by atoms with Crippen LogP contribution in [0.2, 0.25) is 0 Å². The van der Waals surface area contributed by atoms with E-state index >= 15 is 0 Å². The summed E-state index contributed by atoms with van der Waals surface area (Å²) < 4.78 is 0. The van der Waals surface area contributed by atoms with Crippen LogP contribution in [0.5, 0.6) is 5.75 Å². The van der Waals surface area contributed by atoms with E-state index in [9.17, 15) is 5.11 Å². The lowest BCUT2D eigenvalue weighted by Crippen LogP contribution is -1.94. The Morgan fingerprint density at radius 1 is 0.356 bits per heavy atom. The number of phenols is 1. The van der Waals surface area contributed by atoms with Gasteiger partial charge < -0.3 is 15.1 Å². The van der Waals surface area contributed by atoms with Crippen molar-refractivity contribution in [3.05, 3.63) is 210 Å². The molecule has 0 saturated heterocycles. The van der Waals surface area contributed by atoms with Gasteiger partial charge in [0.05, 0.1) is 22.8 Å². The number of fused-ring (bicyclic) bond motifs is 9. The summed E-state index contributed by atoms with van der Waals surface area (Å²) in [6.07, 6.45) is 6.40. The number of hydrogen-bond donors (Lipinski definition) is 3. The van der Waals surface area contributed by atoms with E-state index in [0.717, 1.165) is 111 Å². The Morgan fingerprint density at radius 2 is 0.780 bits per heavy atom. The summed E-state index contributed by atoms with van der Waals surface area (Å²) >= 11 is 0. The van der Waals surface area contributed by atoms with Gasteiger partial charge in [0, 0.05) is 55.5 Å². The first kappa shape index (κ1) is 34.2. The van der Waals surface area contributed by atoms with E-state index in [1.807, 2.05) is 42.5 Å². The predicted octanol–water partition coefficient (Wildman–Crippen LogP) is 13.6. The average molecular weight is 757 g/mol. The molecule has 0 amide bonds. The maximum Gasteiger partial charge on any atom is 0.124 e. The molecule has 9 aromatic rings. The highest BCUT2D eigenvalue weighted by atomic mass is 16.3. The first-order valence-corrected chi connectivity index (χ1v) is 19.8. The summed E-state index contributed by atoms with van der Waals surface area (Å²) in [6.45, 7) is 0. The van der Waals surface area contributed by atoms with Crippen LogP contribution in [0, 0.1) is 0 Å². The Kier molecular flexibility index (Phi) is 8.23. The zero-order valence-corrected chi connectivity index (χ0v) is 31.9. The molecule has 6 aromatic carbocycles. The van der Waals surface area contributed by atoms with E-state index in [1.54, 1.807) is 6.07 Å². The number of benzene rings is 6. The largest absolute Gasteiger partial charge is 0.507 e. The minimum absolute atomic E-state index is 0.192. The molecule has 2 aliphatic rings. The molecule has 3 N–H and O–H groups in total. The van der Waals surface area contributed by atoms with Gasteiger partial charge in [-0.2, -0.15) is 0 Å². The Hall–Kier alpha value is -8.02. The normalized spacial score (nSPS) is 12.2. The number of aromatic amines is 2. The second-order valence-corrected chi connectivity index (χ2v) is 14.8. The first-order chi connectivity index (χ1) is 29.2. The van der Waals surface area contributed by atoms with Crippen LogP contribution in [0.15, 0.2) is 182 Å². The van der Waals surface area contributed by atoms with Crippen molar-refractivity contribution in [2.24, 2.45) is 0 Å². The molecule has 3 aromatic heterocycles. The average Bonchev–Trinajstić information content (AvgIpc) is 4.13. The predicted molar refractivity (Wildman–Crippen MR) is 244 cm³/mol. The van der Waals surface area contributed by atoms with Crippen LogP contribution in [0.25, 0.3) is 101 Å². The maximum atomic E-state index is 11.9. The fourth-order valence-corrected chi connectivity index (χ4v) is 8.65. The van der Waals surface area contributed by atoms with Crippen LogP contribution in [-0.2, 0) is 0 Å². The van der Waals surface area contributed by atoms with Crippen LogP contribution in [-0.4, -0.2) is 25.0 Å². The van der Waals surface area contributed by atoms with E-state index in [2.05, 4.69) is 162 Å². The van der Waals surface area contributed by atoms with Gasteiger partial charge in [0.2, 0.25) is 0 Å². The van der Waals surface area contributed by atoms with Gasteiger partial charge in [0.25, 0.3) is 0 Å². The Labute approximate surface area is 341 Å². The van der Waals surface area contributed by atoms with E-state index in [0.29, 0.717) is 0 Å². The van der Waals surface area contributed by atoms with E-state index in [1.165, 1.54) is 0 Å². The summed E-state index contributed by atoms with van der Waals surface area (Å²) in [5.41, 5.74) is 16.5. The van der Waals surface area contributed by atoms with Crippen LogP contribution in [0.3, 0.4) is 0 Å². The third-order valence-electron chi connectivity index (χ3n) is 11.3. The molecular formula is C54H36N4O. The van der Waals surface area contributed by atoms with Crippen molar-refractivity contribution < 1.29 is 5.11 Å². The van der Waals surface area contributed by atoms with Gasteiger partial charge >= 0.3 is 0 Å². The Morgan fingerprint density at radius 3 is 1.29 bits per heavy atom. The Balaban J connectivity index is 1.38. The fraction of sp³-hybridized carbons (Fsp3) is 0. The van der Waals surface area contributed by atoms with Crippen molar-refractivity contribution in [3.63, 3.8) is 0 Å². The van der Waals surface area contributed by atoms with Crippen molar-refractivity contribution in [2.45, 2.75) is 0 Å². The van der Waals surface area contributed by atoms with Crippen molar-refractivity contribution in [3.8, 4) is 50.3 Å². The summed E-state index contributed by atoms with van der Waals surface area (Å²) in [7, 11) is 0. The highest BCUT2D eigenvalue weighted by Crippen LogP contribution is 2.45. The van der Waals surface area contributed by atoms with Crippen molar-refractivity contribution in [1.29, 1.82) is 0 Å². The molecular weight excluding hydrogens is 721 g/mol. The lowest BCUT2D eigenvalue weighted by molar-refractivity contribution is 0.474. The zero-order chi connectivity index (χ0) is 39.3. The molecule has 0 spiro atoms. The zero-order valence-electron chi connectivity index (χ0n) is 31.9. The number of hydrogen-bond acceptors (Lipinski definition) is 3. The second-order valence-electron chi connectivity index (χ2n) is 14.8. The molecule has 0 unspecified atom stereocenters.